The summed E-state index contributed by atoms with van der Waals surface area (Å²) in [6, 6.07) is 20.7. The average molecular weight is 446 g/mol. The molecule has 1 aliphatic heterocycles. The second-order valence-corrected chi connectivity index (χ2v) is 9.24. The fraction of sp³-hybridized carbons (Fsp3) is 0.0833. The first kappa shape index (κ1) is 20.0. The Balaban J connectivity index is 1.36. The summed E-state index contributed by atoms with van der Waals surface area (Å²) in [7, 11) is -3.77. The van der Waals surface area contributed by atoms with Crippen molar-refractivity contribution in [3.05, 3.63) is 96.5 Å². The highest BCUT2D eigenvalue weighted by atomic mass is 32.2. The van der Waals surface area contributed by atoms with Crippen molar-refractivity contribution in [2.24, 2.45) is 0 Å². The summed E-state index contributed by atoms with van der Waals surface area (Å²) in [4.78, 5) is 16.8. The van der Waals surface area contributed by atoms with Gasteiger partial charge in [0.1, 0.15) is 0 Å². The Morgan fingerprint density at radius 1 is 1.00 bits per heavy atom. The summed E-state index contributed by atoms with van der Waals surface area (Å²) in [5.74, 6) is 0.237. The Morgan fingerprint density at radius 3 is 2.59 bits per heavy atom. The predicted octanol–water partition coefficient (Wildman–Crippen LogP) is 4.35. The standard InChI is InChI=1S/C24H19N3O4S/c28-24(26-20-10-8-18(9-11-20)23-15-25-16-31-23)19-5-3-6-21(14-19)32(29,30)27-13-12-17-4-1-2-7-22(17)27/h1-11,14-16H,12-13H2,(H,26,28). The molecule has 160 valence electrons. The highest BCUT2D eigenvalue weighted by molar-refractivity contribution is 7.92. The van der Waals surface area contributed by atoms with Gasteiger partial charge >= 0.3 is 0 Å². The van der Waals surface area contributed by atoms with Crippen LogP contribution >= 0.6 is 0 Å². The third-order valence-corrected chi connectivity index (χ3v) is 7.20. The molecule has 0 aliphatic carbocycles. The van der Waals surface area contributed by atoms with Crippen LogP contribution in [0.25, 0.3) is 11.3 Å². The van der Waals surface area contributed by atoms with Crippen LogP contribution < -0.4 is 9.62 Å². The predicted molar refractivity (Wildman–Crippen MR) is 121 cm³/mol. The number of fused-ring (bicyclic) bond motifs is 1. The Morgan fingerprint density at radius 2 is 1.81 bits per heavy atom. The molecule has 0 unspecified atom stereocenters. The monoisotopic (exact) mass is 445 g/mol. The molecule has 5 rings (SSSR count). The van der Waals surface area contributed by atoms with Crippen LogP contribution in [0.5, 0.6) is 0 Å². The SMILES string of the molecule is O=C(Nc1ccc(-c2cnco2)cc1)c1cccc(S(=O)(=O)N2CCc3ccccc32)c1. The molecule has 32 heavy (non-hydrogen) atoms. The van der Waals surface area contributed by atoms with Crippen LogP contribution in [0, 0.1) is 0 Å². The highest BCUT2D eigenvalue weighted by Gasteiger charge is 2.30. The lowest BCUT2D eigenvalue weighted by molar-refractivity contribution is 0.102. The molecule has 1 aliphatic rings. The minimum atomic E-state index is -3.77. The Bertz CT molecular complexity index is 1380. The number of amides is 1. The minimum absolute atomic E-state index is 0.0857. The van der Waals surface area contributed by atoms with Crippen molar-refractivity contribution >= 4 is 27.3 Å². The molecule has 1 amide bonds. The van der Waals surface area contributed by atoms with Crippen molar-refractivity contribution in [1.82, 2.24) is 4.98 Å². The number of sulfonamides is 1. The van der Waals surface area contributed by atoms with Gasteiger partial charge in [-0.05, 0) is 60.5 Å². The number of oxazole rings is 1. The van der Waals surface area contributed by atoms with E-state index in [1.807, 2.05) is 30.3 Å². The van der Waals surface area contributed by atoms with Gasteiger partial charge < -0.3 is 9.73 Å². The molecule has 1 N–H and O–H groups in total. The maximum Gasteiger partial charge on any atom is 0.264 e. The molecule has 0 spiro atoms. The Kier molecular flexibility index (Phi) is 4.99. The molecule has 4 aromatic rings. The molecule has 0 saturated heterocycles. The number of rotatable bonds is 5. The van der Waals surface area contributed by atoms with Crippen LogP contribution in [-0.2, 0) is 16.4 Å². The molecule has 3 aromatic carbocycles. The van der Waals surface area contributed by atoms with Gasteiger partial charge in [0.15, 0.2) is 12.2 Å². The van der Waals surface area contributed by atoms with Crippen molar-refractivity contribution < 1.29 is 17.6 Å². The number of benzene rings is 3. The number of carbonyl (C=O) groups excluding carboxylic acids is 1. The van der Waals surface area contributed by atoms with Crippen LogP contribution in [0.15, 0.2) is 94.7 Å². The first-order valence-corrected chi connectivity index (χ1v) is 11.5. The van der Waals surface area contributed by atoms with E-state index in [4.69, 9.17) is 4.42 Å². The van der Waals surface area contributed by atoms with Crippen molar-refractivity contribution in [2.75, 3.05) is 16.2 Å². The van der Waals surface area contributed by atoms with Gasteiger partial charge in [0.25, 0.3) is 15.9 Å². The topological polar surface area (TPSA) is 92.5 Å². The largest absolute Gasteiger partial charge is 0.444 e. The molecule has 7 nitrogen and oxygen atoms in total. The Hall–Kier alpha value is -3.91. The highest BCUT2D eigenvalue weighted by Crippen LogP contribution is 2.32. The van der Waals surface area contributed by atoms with E-state index in [1.165, 1.54) is 22.8 Å². The molecule has 8 heteroatoms. The third kappa shape index (κ3) is 3.65. The van der Waals surface area contributed by atoms with Crippen LogP contribution in [0.1, 0.15) is 15.9 Å². The number of nitrogens with one attached hydrogen (secondary N) is 1. The smallest absolute Gasteiger partial charge is 0.264 e. The van der Waals surface area contributed by atoms with E-state index in [-0.39, 0.29) is 10.5 Å². The van der Waals surface area contributed by atoms with E-state index in [0.29, 0.717) is 30.1 Å². The van der Waals surface area contributed by atoms with E-state index in [9.17, 15) is 13.2 Å². The van der Waals surface area contributed by atoms with E-state index in [2.05, 4.69) is 10.3 Å². The van der Waals surface area contributed by atoms with Gasteiger partial charge in [0, 0.05) is 23.4 Å². The second kappa shape index (κ2) is 7.97. The zero-order valence-corrected chi connectivity index (χ0v) is 17.7. The molecule has 2 heterocycles. The van der Waals surface area contributed by atoms with Crippen LogP contribution in [0.3, 0.4) is 0 Å². The summed E-state index contributed by atoms with van der Waals surface area (Å²) in [6.07, 6.45) is 3.63. The molecule has 0 atom stereocenters. The van der Waals surface area contributed by atoms with Gasteiger partial charge in [0.2, 0.25) is 0 Å². The lowest BCUT2D eigenvalue weighted by Crippen LogP contribution is -2.29. The normalized spacial score (nSPS) is 13.1. The summed E-state index contributed by atoms with van der Waals surface area (Å²) in [5.41, 5.74) is 3.37. The van der Waals surface area contributed by atoms with Crippen molar-refractivity contribution in [1.29, 1.82) is 0 Å². The van der Waals surface area contributed by atoms with Gasteiger partial charge in [-0.1, -0.05) is 24.3 Å². The molecule has 0 radical (unpaired) electrons. The second-order valence-electron chi connectivity index (χ2n) is 7.38. The van der Waals surface area contributed by atoms with Gasteiger partial charge in [-0.25, -0.2) is 13.4 Å². The zero-order chi connectivity index (χ0) is 22.1. The fourth-order valence-electron chi connectivity index (χ4n) is 3.76. The number of hydrogen-bond donors (Lipinski definition) is 1. The average Bonchev–Trinajstić information content (AvgIpc) is 3.50. The molecule has 0 fully saturated rings. The van der Waals surface area contributed by atoms with Crippen LogP contribution in [-0.4, -0.2) is 25.9 Å². The number of hydrogen-bond acceptors (Lipinski definition) is 5. The molecular formula is C24H19N3O4S. The number of aromatic nitrogens is 1. The fourth-order valence-corrected chi connectivity index (χ4v) is 5.31. The van der Waals surface area contributed by atoms with E-state index >= 15 is 0 Å². The lowest BCUT2D eigenvalue weighted by atomic mass is 10.1. The lowest BCUT2D eigenvalue weighted by Gasteiger charge is -2.20. The van der Waals surface area contributed by atoms with Crippen LogP contribution in [0.4, 0.5) is 11.4 Å². The molecule has 1 aromatic heterocycles. The van der Waals surface area contributed by atoms with Gasteiger partial charge in [-0.2, -0.15) is 0 Å². The summed E-state index contributed by atoms with van der Waals surface area (Å²) >= 11 is 0. The summed E-state index contributed by atoms with van der Waals surface area (Å²) in [5, 5.41) is 2.80. The zero-order valence-electron chi connectivity index (χ0n) is 16.9. The van der Waals surface area contributed by atoms with Gasteiger partial charge in [-0.15, -0.1) is 0 Å². The van der Waals surface area contributed by atoms with Crippen LogP contribution in [0.2, 0.25) is 0 Å². The minimum Gasteiger partial charge on any atom is -0.444 e. The van der Waals surface area contributed by atoms with E-state index in [1.54, 1.807) is 36.5 Å². The maximum atomic E-state index is 13.3. The van der Waals surface area contributed by atoms with Crippen molar-refractivity contribution in [3.8, 4) is 11.3 Å². The maximum absolute atomic E-state index is 13.3. The van der Waals surface area contributed by atoms with E-state index in [0.717, 1.165) is 11.1 Å². The van der Waals surface area contributed by atoms with Crippen molar-refractivity contribution in [3.63, 3.8) is 0 Å². The van der Waals surface area contributed by atoms with Crippen molar-refractivity contribution in [2.45, 2.75) is 11.3 Å². The van der Waals surface area contributed by atoms with Gasteiger partial charge in [-0.3, -0.25) is 9.10 Å². The molecular weight excluding hydrogens is 426 g/mol. The Labute approximate surface area is 185 Å². The third-order valence-electron chi connectivity index (χ3n) is 5.39. The number of anilines is 2. The quantitative estimate of drug-likeness (QED) is 0.493. The summed E-state index contributed by atoms with van der Waals surface area (Å²) < 4.78 is 33.2. The first-order valence-electron chi connectivity index (χ1n) is 10.0. The molecule has 0 saturated carbocycles. The first-order chi connectivity index (χ1) is 15.5. The number of nitrogens with zero attached hydrogens (tertiary/aromatic N) is 2. The van der Waals surface area contributed by atoms with Gasteiger partial charge in [0.05, 0.1) is 16.8 Å². The number of para-hydroxylation sites is 1. The van der Waals surface area contributed by atoms with E-state index < -0.39 is 15.9 Å². The molecule has 0 bridgehead atoms. The summed E-state index contributed by atoms with van der Waals surface area (Å²) in [6.45, 7) is 0.385. The number of carbonyl (C=O) groups is 1.